The first kappa shape index (κ1) is 18.8. The number of nitro benzene ring substituents is 1. The lowest BCUT2D eigenvalue weighted by Gasteiger charge is -2.04. The number of non-ortho nitro benzene ring substituents is 1. The maximum Gasteiger partial charge on any atom is 0.270 e. The van der Waals surface area contributed by atoms with Crippen molar-refractivity contribution >= 4 is 28.9 Å². The van der Waals surface area contributed by atoms with Crippen molar-refractivity contribution in [2.24, 2.45) is 0 Å². The minimum Gasteiger partial charge on any atom is -0.293 e. The predicted molar refractivity (Wildman–Crippen MR) is 109 cm³/mol. The van der Waals surface area contributed by atoms with Crippen LogP contribution in [-0.4, -0.2) is 36.3 Å². The molecule has 2 aromatic carbocycles. The van der Waals surface area contributed by atoms with Gasteiger partial charge in [0, 0.05) is 23.3 Å². The molecule has 0 amide bonds. The summed E-state index contributed by atoms with van der Waals surface area (Å²) in [5.41, 5.74) is 3.42. The topological polar surface area (TPSA) is 103 Å². The smallest absolute Gasteiger partial charge is 0.270 e. The van der Waals surface area contributed by atoms with Crippen LogP contribution >= 0.6 is 11.8 Å². The lowest BCUT2D eigenvalue weighted by Crippen LogP contribution is -2.04. The van der Waals surface area contributed by atoms with Gasteiger partial charge in [0.1, 0.15) is 0 Å². The van der Waals surface area contributed by atoms with E-state index in [1.165, 1.54) is 23.9 Å². The molecule has 0 saturated heterocycles. The van der Waals surface area contributed by atoms with Gasteiger partial charge in [0.15, 0.2) is 11.4 Å². The van der Waals surface area contributed by atoms with Crippen molar-refractivity contribution in [2.45, 2.75) is 12.1 Å². The molecule has 9 heteroatoms. The van der Waals surface area contributed by atoms with Crippen molar-refractivity contribution in [1.82, 2.24) is 19.8 Å². The third kappa shape index (κ3) is 3.99. The number of nitro groups is 1. The van der Waals surface area contributed by atoms with Crippen molar-refractivity contribution in [1.29, 1.82) is 0 Å². The minimum atomic E-state index is -0.446. The molecule has 0 aliphatic heterocycles. The van der Waals surface area contributed by atoms with E-state index < -0.39 is 4.92 Å². The van der Waals surface area contributed by atoms with Crippen LogP contribution in [0, 0.1) is 17.0 Å². The van der Waals surface area contributed by atoms with Gasteiger partial charge in [0.2, 0.25) is 5.16 Å². The lowest BCUT2D eigenvalue weighted by atomic mass is 10.1. The van der Waals surface area contributed by atoms with Crippen LogP contribution in [0.25, 0.3) is 16.9 Å². The van der Waals surface area contributed by atoms with E-state index >= 15 is 0 Å². The van der Waals surface area contributed by atoms with Crippen molar-refractivity contribution in [3.8, 4) is 11.3 Å². The van der Waals surface area contributed by atoms with Crippen LogP contribution in [0.4, 0.5) is 5.69 Å². The van der Waals surface area contributed by atoms with Crippen molar-refractivity contribution < 1.29 is 9.72 Å². The second-order valence-electron chi connectivity index (χ2n) is 6.36. The zero-order chi connectivity index (χ0) is 20.4. The molecule has 8 nitrogen and oxygen atoms in total. The molecule has 144 valence electrons. The van der Waals surface area contributed by atoms with Crippen LogP contribution < -0.4 is 0 Å². The van der Waals surface area contributed by atoms with Gasteiger partial charge in [-0.25, -0.2) is 0 Å². The summed E-state index contributed by atoms with van der Waals surface area (Å²) in [6, 6.07) is 17.1. The Morgan fingerprint density at radius 2 is 1.90 bits per heavy atom. The first-order valence-electron chi connectivity index (χ1n) is 8.71. The number of aromatic nitrogens is 4. The summed E-state index contributed by atoms with van der Waals surface area (Å²) in [5.74, 6) is 0.189. The Kier molecular flexibility index (Phi) is 5.05. The highest BCUT2D eigenvalue weighted by Gasteiger charge is 2.14. The number of carbonyl (C=O) groups excluding carboxylic acids is 1. The summed E-state index contributed by atoms with van der Waals surface area (Å²) in [6.45, 7) is 1.97. The van der Waals surface area contributed by atoms with E-state index in [1.54, 1.807) is 40.9 Å². The van der Waals surface area contributed by atoms with E-state index in [9.17, 15) is 14.9 Å². The normalized spacial score (nSPS) is 10.9. The monoisotopic (exact) mass is 405 g/mol. The molecule has 0 atom stereocenters. The molecular formula is C20H15N5O3S. The number of hydrogen-bond acceptors (Lipinski definition) is 7. The molecule has 0 N–H and O–H groups in total. The molecule has 0 radical (unpaired) electrons. The molecular weight excluding hydrogens is 390 g/mol. The lowest BCUT2D eigenvalue weighted by molar-refractivity contribution is -0.384. The van der Waals surface area contributed by atoms with Crippen LogP contribution in [0.3, 0.4) is 0 Å². The van der Waals surface area contributed by atoms with Gasteiger partial charge < -0.3 is 0 Å². The summed E-state index contributed by atoms with van der Waals surface area (Å²) >= 11 is 1.24. The molecule has 0 bridgehead atoms. The van der Waals surface area contributed by atoms with Crippen LogP contribution in [-0.2, 0) is 0 Å². The van der Waals surface area contributed by atoms with Gasteiger partial charge in [0.25, 0.3) is 5.69 Å². The summed E-state index contributed by atoms with van der Waals surface area (Å²) in [6.07, 6.45) is 0. The average molecular weight is 405 g/mol. The van der Waals surface area contributed by atoms with Gasteiger partial charge in [-0.1, -0.05) is 53.7 Å². The predicted octanol–water partition coefficient (Wildman–Crippen LogP) is 3.98. The first-order valence-corrected chi connectivity index (χ1v) is 9.70. The van der Waals surface area contributed by atoms with Crippen LogP contribution in [0.5, 0.6) is 0 Å². The second kappa shape index (κ2) is 7.80. The maximum atomic E-state index is 12.4. The summed E-state index contributed by atoms with van der Waals surface area (Å²) in [7, 11) is 0. The fraction of sp³-hybridized carbons (Fsp3) is 0.100. The number of fused-ring (bicyclic) bond motifs is 1. The number of carbonyl (C=O) groups is 1. The number of aryl methyl sites for hydroxylation is 1. The number of nitrogens with zero attached hydrogens (tertiary/aromatic N) is 5. The summed E-state index contributed by atoms with van der Waals surface area (Å²) in [5, 5.41) is 24.2. The van der Waals surface area contributed by atoms with Crippen molar-refractivity contribution in [3.05, 3.63) is 81.9 Å². The van der Waals surface area contributed by atoms with E-state index in [1.807, 2.05) is 19.1 Å². The van der Waals surface area contributed by atoms with E-state index in [4.69, 9.17) is 0 Å². The van der Waals surface area contributed by atoms with Gasteiger partial charge >= 0.3 is 0 Å². The SMILES string of the molecule is Cc1ccc(C(=O)CSc2nnc3ccc(-c4cccc([N+](=O)[O-])c4)nn23)cc1. The largest absolute Gasteiger partial charge is 0.293 e. The number of ketones is 1. The highest BCUT2D eigenvalue weighted by atomic mass is 32.2. The van der Waals surface area contributed by atoms with Gasteiger partial charge in [-0.3, -0.25) is 14.9 Å². The Balaban J connectivity index is 1.59. The Hall–Kier alpha value is -3.59. The molecule has 29 heavy (non-hydrogen) atoms. The molecule has 2 heterocycles. The van der Waals surface area contributed by atoms with Gasteiger partial charge in [-0.2, -0.15) is 9.61 Å². The number of rotatable bonds is 6. The summed E-state index contributed by atoms with van der Waals surface area (Å²) in [4.78, 5) is 23.0. The van der Waals surface area contributed by atoms with E-state index in [2.05, 4.69) is 15.3 Å². The molecule has 0 aliphatic carbocycles. The number of hydrogen-bond donors (Lipinski definition) is 0. The number of Topliss-reactive ketones (excluding diaryl/α,β-unsaturated/α-hetero) is 1. The number of benzene rings is 2. The second-order valence-corrected chi connectivity index (χ2v) is 7.30. The Labute approximate surface area is 169 Å². The Bertz CT molecular complexity index is 1220. The molecule has 0 fully saturated rings. The molecule has 0 saturated carbocycles. The fourth-order valence-corrected chi connectivity index (χ4v) is 3.53. The van der Waals surface area contributed by atoms with Crippen LogP contribution in [0.2, 0.25) is 0 Å². The third-order valence-electron chi connectivity index (χ3n) is 4.29. The molecule has 0 spiro atoms. The Morgan fingerprint density at radius 3 is 2.66 bits per heavy atom. The number of thioether (sulfide) groups is 1. The fourth-order valence-electron chi connectivity index (χ4n) is 2.74. The minimum absolute atomic E-state index is 0.00792. The third-order valence-corrected chi connectivity index (χ3v) is 5.21. The molecule has 4 aromatic rings. The van der Waals surface area contributed by atoms with Crippen LogP contribution in [0.1, 0.15) is 15.9 Å². The highest BCUT2D eigenvalue weighted by molar-refractivity contribution is 7.99. The van der Waals surface area contributed by atoms with Gasteiger partial charge in [-0.15, -0.1) is 10.2 Å². The van der Waals surface area contributed by atoms with Crippen molar-refractivity contribution in [2.75, 3.05) is 5.75 Å². The van der Waals surface area contributed by atoms with E-state index in [0.29, 0.717) is 27.6 Å². The highest BCUT2D eigenvalue weighted by Crippen LogP contribution is 2.24. The van der Waals surface area contributed by atoms with Gasteiger partial charge in [0.05, 0.1) is 16.4 Å². The zero-order valence-corrected chi connectivity index (χ0v) is 16.2. The summed E-state index contributed by atoms with van der Waals surface area (Å²) < 4.78 is 1.54. The Morgan fingerprint density at radius 1 is 1.10 bits per heavy atom. The quantitative estimate of drug-likeness (QED) is 0.207. The first-order chi connectivity index (χ1) is 14.0. The molecule has 0 unspecified atom stereocenters. The zero-order valence-electron chi connectivity index (χ0n) is 15.3. The molecule has 4 rings (SSSR count). The van der Waals surface area contributed by atoms with E-state index in [-0.39, 0.29) is 17.2 Å². The van der Waals surface area contributed by atoms with Gasteiger partial charge in [-0.05, 0) is 19.1 Å². The molecule has 0 aliphatic rings. The van der Waals surface area contributed by atoms with E-state index in [0.717, 1.165) is 5.56 Å². The average Bonchev–Trinajstić information content (AvgIpc) is 3.15. The van der Waals surface area contributed by atoms with Crippen LogP contribution in [0.15, 0.2) is 65.8 Å². The van der Waals surface area contributed by atoms with Crippen molar-refractivity contribution in [3.63, 3.8) is 0 Å². The standard InChI is InChI=1S/C20H15N5O3S/c1-13-5-7-14(8-6-13)18(26)12-29-20-22-21-19-10-9-17(23-24(19)20)15-3-2-4-16(11-15)25(27)28/h2-11H,12H2,1H3. The maximum absolute atomic E-state index is 12.4. The molecule has 2 aromatic heterocycles.